The Kier molecular flexibility index (Phi) is 2.60. The maximum absolute atomic E-state index is 10.7. The molecule has 5 heteroatoms. The molecular formula is C7H8ClN3O. The van der Waals surface area contributed by atoms with Crippen molar-refractivity contribution in [2.45, 2.75) is 13.3 Å². The molecule has 0 fully saturated rings. The molecule has 0 aliphatic rings. The number of halogens is 1. The SMILES string of the molecule is CCc1ncc(Cl)c(C(N)=O)n1. The van der Waals surface area contributed by atoms with E-state index >= 15 is 0 Å². The summed E-state index contributed by atoms with van der Waals surface area (Å²) >= 11 is 5.62. The zero-order chi connectivity index (χ0) is 9.14. The first kappa shape index (κ1) is 8.93. The summed E-state index contributed by atoms with van der Waals surface area (Å²) < 4.78 is 0. The van der Waals surface area contributed by atoms with Gasteiger partial charge in [-0.2, -0.15) is 0 Å². The Morgan fingerprint density at radius 2 is 2.42 bits per heavy atom. The Morgan fingerprint density at radius 1 is 1.75 bits per heavy atom. The molecule has 0 aromatic carbocycles. The highest BCUT2D eigenvalue weighted by Crippen LogP contribution is 2.11. The van der Waals surface area contributed by atoms with Gasteiger partial charge in [0, 0.05) is 6.42 Å². The third kappa shape index (κ3) is 1.71. The van der Waals surface area contributed by atoms with Crippen LogP contribution in [-0.2, 0) is 6.42 Å². The fraction of sp³-hybridized carbons (Fsp3) is 0.286. The molecule has 4 nitrogen and oxygen atoms in total. The van der Waals surface area contributed by atoms with Gasteiger partial charge in [0.05, 0.1) is 11.2 Å². The largest absolute Gasteiger partial charge is 0.364 e. The van der Waals surface area contributed by atoms with Gasteiger partial charge in [-0.1, -0.05) is 18.5 Å². The van der Waals surface area contributed by atoms with Gasteiger partial charge < -0.3 is 5.73 Å². The van der Waals surface area contributed by atoms with E-state index < -0.39 is 5.91 Å². The van der Waals surface area contributed by atoms with Crippen molar-refractivity contribution in [3.8, 4) is 0 Å². The molecule has 1 rings (SSSR count). The van der Waals surface area contributed by atoms with Crippen molar-refractivity contribution in [2.75, 3.05) is 0 Å². The Balaban J connectivity index is 3.17. The number of hydrogen-bond acceptors (Lipinski definition) is 3. The van der Waals surface area contributed by atoms with Gasteiger partial charge in [-0.05, 0) is 0 Å². The lowest BCUT2D eigenvalue weighted by atomic mass is 10.3. The molecule has 64 valence electrons. The highest BCUT2D eigenvalue weighted by Gasteiger charge is 2.09. The first-order valence-corrected chi connectivity index (χ1v) is 3.84. The van der Waals surface area contributed by atoms with Crippen LogP contribution in [0.25, 0.3) is 0 Å². The van der Waals surface area contributed by atoms with Gasteiger partial charge in [0.25, 0.3) is 5.91 Å². The van der Waals surface area contributed by atoms with Crippen molar-refractivity contribution >= 4 is 17.5 Å². The maximum Gasteiger partial charge on any atom is 0.268 e. The first-order valence-electron chi connectivity index (χ1n) is 3.46. The average Bonchev–Trinajstić information content (AvgIpc) is 2.05. The first-order chi connectivity index (χ1) is 5.65. The van der Waals surface area contributed by atoms with Gasteiger partial charge in [-0.15, -0.1) is 0 Å². The van der Waals surface area contributed by atoms with E-state index in [2.05, 4.69) is 9.97 Å². The van der Waals surface area contributed by atoms with Crippen molar-refractivity contribution in [1.29, 1.82) is 0 Å². The summed E-state index contributed by atoms with van der Waals surface area (Å²) in [5, 5.41) is 0.194. The number of carbonyl (C=O) groups excluding carboxylic acids is 1. The monoisotopic (exact) mass is 185 g/mol. The molecule has 1 aromatic heterocycles. The Hall–Kier alpha value is -1.16. The predicted octanol–water partition coefficient (Wildman–Crippen LogP) is 0.791. The van der Waals surface area contributed by atoms with Crippen molar-refractivity contribution < 1.29 is 4.79 Å². The number of nitrogens with zero attached hydrogens (tertiary/aromatic N) is 2. The summed E-state index contributed by atoms with van der Waals surface area (Å²) in [6, 6.07) is 0. The Labute approximate surface area is 74.8 Å². The average molecular weight is 186 g/mol. The fourth-order valence-corrected chi connectivity index (χ4v) is 0.931. The molecule has 0 atom stereocenters. The third-order valence-electron chi connectivity index (χ3n) is 1.34. The van der Waals surface area contributed by atoms with E-state index in [1.54, 1.807) is 0 Å². The van der Waals surface area contributed by atoms with E-state index in [9.17, 15) is 4.79 Å². The van der Waals surface area contributed by atoms with E-state index in [-0.39, 0.29) is 10.7 Å². The number of nitrogens with two attached hydrogens (primary N) is 1. The van der Waals surface area contributed by atoms with Gasteiger partial charge in [0.1, 0.15) is 11.5 Å². The van der Waals surface area contributed by atoms with Crippen molar-refractivity contribution in [1.82, 2.24) is 9.97 Å². The minimum absolute atomic E-state index is 0.0866. The second-order valence-electron chi connectivity index (χ2n) is 2.20. The molecule has 1 amide bonds. The van der Waals surface area contributed by atoms with Crippen LogP contribution in [0.4, 0.5) is 0 Å². The highest BCUT2D eigenvalue weighted by molar-refractivity contribution is 6.33. The zero-order valence-electron chi connectivity index (χ0n) is 6.54. The van der Waals surface area contributed by atoms with Crippen molar-refractivity contribution in [3.63, 3.8) is 0 Å². The van der Waals surface area contributed by atoms with Crippen LogP contribution in [0.15, 0.2) is 6.20 Å². The molecule has 0 spiro atoms. The molecule has 0 saturated carbocycles. The topological polar surface area (TPSA) is 68.9 Å². The highest BCUT2D eigenvalue weighted by atomic mass is 35.5. The number of aryl methyl sites for hydroxylation is 1. The maximum atomic E-state index is 10.7. The van der Waals surface area contributed by atoms with E-state index in [4.69, 9.17) is 17.3 Å². The van der Waals surface area contributed by atoms with E-state index in [1.807, 2.05) is 6.92 Å². The molecule has 0 aliphatic heterocycles. The summed E-state index contributed by atoms with van der Waals surface area (Å²) in [6.07, 6.45) is 2.03. The molecule has 0 aliphatic carbocycles. The van der Waals surface area contributed by atoms with Crippen LogP contribution < -0.4 is 5.73 Å². The second kappa shape index (κ2) is 3.49. The van der Waals surface area contributed by atoms with Crippen LogP contribution in [0.5, 0.6) is 0 Å². The van der Waals surface area contributed by atoms with E-state index in [0.717, 1.165) is 0 Å². The van der Waals surface area contributed by atoms with Gasteiger partial charge >= 0.3 is 0 Å². The molecular weight excluding hydrogens is 178 g/mol. The molecule has 0 saturated heterocycles. The number of primary amides is 1. The zero-order valence-corrected chi connectivity index (χ0v) is 7.30. The van der Waals surface area contributed by atoms with Crippen molar-refractivity contribution in [2.24, 2.45) is 5.73 Å². The summed E-state index contributed by atoms with van der Waals surface area (Å²) in [5.41, 5.74) is 5.11. The quantitative estimate of drug-likeness (QED) is 0.741. The number of aromatic nitrogens is 2. The third-order valence-corrected chi connectivity index (χ3v) is 1.62. The van der Waals surface area contributed by atoms with Crippen LogP contribution in [-0.4, -0.2) is 15.9 Å². The normalized spacial score (nSPS) is 9.83. The van der Waals surface area contributed by atoms with Crippen LogP contribution in [0.3, 0.4) is 0 Å². The number of carbonyl (C=O) groups is 1. The molecule has 2 N–H and O–H groups in total. The molecule has 0 unspecified atom stereocenters. The summed E-state index contributed by atoms with van der Waals surface area (Å²) in [7, 11) is 0. The fourth-order valence-electron chi connectivity index (χ4n) is 0.747. The van der Waals surface area contributed by atoms with E-state index in [1.165, 1.54) is 6.20 Å². The van der Waals surface area contributed by atoms with Gasteiger partial charge in [0.2, 0.25) is 0 Å². The summed E-state index contributed by atoms with van der Waals surface area (Å²) in [6.45, 7) is 1.88. The van der Waals surface area contributed by atoms with Crippen LogP contribution in [0, 0.1) is 0 Å². The van der Waals surface area contributed by atoms with Crippen molar-refractivity contribution in [3.05, 3.63) is 22.7 Å². The van der Waals surface area contributed by atoms with Crippen LogP contribution in [0.1, 0.15) is 23.2 Å². The van der Waals surface area contributed by atoms with E-state index in [0.29, 0.717) is 12.2 Å². The predicted molar refractivity (Wildman–Crippen MR) is 44.9 cm³/mol. The lowest BCUT2D eigenvalue weighted by Crippen LogP contribution is -2.15. The molecule has 12 heavy (non-hydrogen) atoms. The number of amides is 1. The number of hydrogen-bond donors (Lipinski definition) is 1. The summed E-state index contributed by atoms with van der Waals surface area (Å²) in [5.74, 6) is -0.0645. The second-order valence-corrected chi connectivity index (χ2v) is 2.61. The standard InChI is InChI=1S/C7H8ClN3O/c1-2-5-10-3-4(8)6(11-5)7(9)12/h3H,2H2,1H3,(H2,9,12). The molecule has 0 bridgehead atoms. The minimum atomic E-state index is -0.628. The smallest absolute Gasteiger partial charge is 0.268 e. The Morgan fingerprint density at radius 3 is 2.92 bits per heavy atom. The molecule has 1 aromatic rings. The van der Waals surface area contributed by atoms with Crippen LogP contribution >= 0.6 is 11.6 Å². The van der Waals surface area contributed by atoms with Gasteiger partial charge in [-0.25, -0.2) is 9.97 Å². The summed E-state index contributed by atoms with van der Waals surface area (Å²) in [4.78, 5) is 18.5. The van der Waals surface area contributed by atoms with Gasteiger partial charge in [-0.3, -0.25) is 4.79 Å². The Bertz CT molecular complexity index is 314. The minimum Gasteiger partial charge on any atom is -0.364 e. The van der Waals surface area contributed by atoms with Crippen LogP contribution in [0.2, 0.25) is 5.02 Å². The number of rotatable bonds is 2. The lowest BCUT2D eigenvalue weighted by Gasteiger charge is -1.99. The van der Waals surface area contributed by atoms with Gasteiger partial charge in [0.15, 0.2) is 0 Å². The lowest BCUT2D eigenvalue weighted by molar-refractivity contribution is 0.0995. The molecule has 1 heterocycles. The molecule has 0 radical (unpaired) electrons.